The first-order valence-electron chi connectivity index (χ1n) is 9.57. The van der Waals surface area contributed by atoms with Gasteiger partial charge in [0.05, 0.1) is 4.90 Å². The van der Waals surface area contributed by atoms with Crippen molar-refractivity contribution in [2.24, 2.45) is 4.40 Å². The first-order valence-corrected chi connectivity index (χ1v) is 12.2. The van der Waals surface area contributed by atoms with E-state index in [1.54, 1.807) is 24.3 Å². The summed E-state index contributed by atoms with van der Waals surface area (Å²) in [5.74, 6) is -0.135. The summed E-state index contributed by atoms with van der Waals surface area (Å²) in [6, 6.07) is 15.8. The molecule has 1 heterocycles. The van der Waals surface area contributed by atoms with Crippen molar-refractivity contribution in [2.75, 3.05) is 11.4 Å². The van der Waals surface area contributed by atoms with Gasteiger partial charge in [-0.25, -0.2) is 0 Å². The average Bonchev–Trinajstić information content (AvgIpc) is 3.05. The lowest BCUT2D eigenvalue weighted by Crippen LogP contribution is -2.29. The van der Waals surface area contributed by atoms with Crippen molar-refractivity contribution in [2.45, 2.75) is 25.3 Å². The molecule has 1 N–H and O–H groups in total. The SMILES string of the molecule is C=CCn1c(O)c(C(=S)N(CC)c2ccccc2C)s/c1=N/S(=O)(=O)c1ccccc1. The van der Waals surface area contributed by atoms with Crippen LogP contribution in [-0.4, -0.2) is 29.6 Å². The van der Waals surface area contributed by atoms with E-state index >= 15 is 0 Å². The zero-order valence-corrected chi connectivity index (χ0v) is 19.7. The van der Waals surface area contributed by atoms with Crippen LogP contribution in [0.15, 0.2) is 76.5 Å². The molecule has 2 aromatic carbocycles. The van der Waals surface area contributed by atoms with Gasteiger partial charge >= 0.3 is 0 Å². The fraction of sp³-hybridized carbons (Fsp3) is 0.182. The quantitative estimate of drug-likeness (QED) is 0.410. The van der Waals surface area contributed by atoms with Crippen LogP contribution in [0.1, 0.15) is 17.4 Å². The molecule has 0 bridgehead atoms. The van der Waals surface area contributed by atoms with Crippen molar-refractivity contribution in [3.05, 3.63) is 82.5 Å². The van der Waals surface area contributed by atoms with Crippen molar-refractivity contribution in [3.63, 3.8) is 0 Å². The lowest BCUT2D eigenvalue weighted by atomic mass is 10.2. The van der Waals surface area contributed by atoms with Gasteiger partial charge in [0, 0.05) is 18.8 Å². The Labute approximate surface area is 191 Å². The lowest BCUT2D eigenvalue weighted by Gasteiger charge is -2.24. The highest BCUT2D eigenvalue weighted by atomic mass is 32.2. The molecule has 0 aliphatic carbocycles. The molecular weight excluding hydrogens is 450 g/mol. The first-order chi connectivity index (χ1) is 14.8. The number of aryl methyl sites for hydroxylation is 1. The van der Waals surface area contributed by atoms with Crippen molar-refractivity contribution in [1.29, 1.82) is 0 Å². The van der Waals surface area contributed by atoms with Gasteiger partial charge in [0.25, 0.3) is 10.0 Å². The molecule has 0 radical (unpaired) electrons. The Morgan fingerprint density at radius 3 is 2.48 bits per heavy atom. The second-order valence-electron chi connectivity index (χ2n) is 6.65. The number of nitrogens with zero attached hydrogens (tertiary/aromatic N) is 3. The minimum atomic E-state index is -3.96. The van der Waals surface area contributed by atoms with Gasteiger partial charge in [-0.1, -0.05) is 66.0 Å². The summed E-state index contributed by atoms with van der Waals surface area (Å²) in [6.45, 7) is 8.41. The van der Waals surface area contributed by atoms with Crippen LogP contribution < -0.4 is 9.70 Å². The van der Waals surface area contributed by atoms with Crippen molar-refractivity contribution >= 4 is 44.3 Å². The number of thiocarbonyl (C=S) groups is 1. The number of para-hydroxylation sites is 1. The number of thiazole rings is 1. The summed E-state index contributed by atoms with van der Waals surface area (Å²) in [5, 5.41) is 10.9. The zero-order chi connectivity index (χ0) is 22.6. The molecule has 0 saturated heterocycles. The monoisotopic (exact) mass is 473 g/mol. The molecule has 0 saturated carbocycles. The summed E-state index contributed by atoms with van der Waals surface area (Å²) in [7, 11) is -3.96. The molecule has 31 heavy (non-hydrogen) atoms. The Kier molecular flexibility index (Phi) is 7.09. The lowest BCUT2D eigenvalue weighted by molar-refractivity contribution is 0.421. The molecule has 1 aromatic heterocycles. The van der Waals surface area contributed by atoms with Gasteiger partial charge in [0.2, 0.25) is 10.7 Å². The molecule has 162 valence electrons. The Bertz CT molecular complexity index is 1280. The van der Waals surface area contributed by atoms with E-state index in [4.69, 9.17) is 12.2 Å². The molecule has 0 unspecified atom stereocenters. The van der Waals surface area contributed by atoms with Gasteiger partial charge in [-0.2, -0.15) is 8.42 Å². The molecule has 3 rings (SSSR count). The third-order valence-electron chi connectivity index (χ3n) is 4.60. The van der Waals surface area contributed by atoms with Crippen LogP contribution in [0.3, 0.4) is 0 Å². The van der Waals surface area contributed by atoms with Crippen LogP contribution in [-0.2, 0) is 16.6 Å². The number of aromatic hydroxyl groups is 1. The molecule has 0 atom stereocenters. The summed E-state index contributed by atoms with van der Waals surface area (Å²) in [6.07, 6.45) is 1.56. The number of hydrogen-bond donors (Lipinski definition) is 1. The highest BCUT2D eigenvalue weighted by Gasteiger charge is 2.23. The largest absolute Gasteiger partial charge is 0.493 e. The highest BCUT2D eigenvalue weighted by Crippen LogP contribution is 2.28. The van der Waals surface area contributed by atoms with Gasteiger partial charge in [0.15, 0.2) is 0 Å². The van der Waals surface area contributed by atoms with Crippen LogP contribution in [0.25, 0.3) is 0 Å². The number of anilines is 1. The van der Waals surface area contributed by atoms with Crippen LogP contribution in [0.2, 0.25) is 0 Å². The number of benzene rings is 2. The number of hydrogen-bond acceptors (Lipinski definition) is 5. The fourth-order valence-corrected chi connectivity index (χ4v) is 5.72. The van der Waals surface area contributed by atoms with Gasteiger partial charge in [-0.15, -0.1) is 11.0 Å². The zero-order valence-electron chi connectivity index (χ0n) is 17.2. The maximum atomic E-state index is 12.8. The van der Waals surface area contributed by atoms with E-state index in [0.29, 0.717) is 16.4 Å². The molecule has 9 heteroatoms. The molecule has 0 amide bonds. The Morgan fingerprint density at radius 2 is 1.87 bits per heavy atom. The summed E-state index contributed by atoms with van der Waals surface area (Å²) >= 11 is 6.74. The van der Waals surface area contributed by atoms with Crippen LogP contribution in [0, 0.1) is 6.92 Å². The van der Waals surface area contributed by atoms with E-state index in [1.165, 1.54) is 16.7 Å². The molecular formula is C22H23N3O3S3. The smallest absolute Gasteiger partial charge is 0.285 e. The van der Waals surface area contributed by atoms with E-state index in [0.717, 1.165) is 22.6 Å². The van der Waals surface area contributed by atoms with E-state index in [1.807, 2.05) is 43.0 Å². The normalized spacial score (nSPS) is 12.0. The average molecular weight is 474 g/mol. The minimum absolute atomic E-state index is 0.0762. The number of aromatic nitrogens is 1. The first kappa shape index (κ1) is 22.9. The van der Waals surface area contributed by atoms with Crippen LogP contribution >= 0.6 is 23.6 Å². The second kappa shape index (κ2) is 9.59. The summed E-state index contributed by atoms with van der Waals surface area (Å²) in [5.41, 5.74) is 1.96. The second-order valence-corrected chi connectivity index (χ2v) is 9.62. The molecule has 0 fully saturated rings. The fourth-order valence-electron chi connectivity index (χ4n) is 3.07. The van der Waals surface area contributed by atoms with E-state index in [-0.39, 0.29) is 22.1 Å². The summed E-state index contributed by atoms with van der Waals surface area (Å²) < 4.78 is 30.9. The number of rotatable bonds is 7. The van der Waals surface area contributed by atoms with Crippen molar-refractivity contribution in [3.8, 4) is 5.88 Å². The van der Waals surface area contributed by atoms with Gasteiger partial charge < -0.3 is 10.0 Å². The standard InChI is InChI=1S/C22H23N3O3S3/c1-4-15-25-20(26)19(21(29)24(5-2)18-14-10-9-11-16(18)3)30-22(25)23-31(27,28)17-12-7-6-8-13-17/h4,6-14,26H,1,5,15H2,2-3H3/b23-22+. The van der Waals surface area contributed by atoms with Crippen molar-refractivity contribution in [1.82, 2.24) is 4.57 Å². The Morgan fingerprint density at radius 1 is 1.23 bits per heavy atom. The minimum Gasteiger partial charge on any atom is -0.493 e. The van der Waals surface area contributed by atoms with Gasteiger partial charge in [-0.3, -0.25) is 4.57 Å². The maximum Gasteiger partial charge on any atom is 0.285 e. The maximum absolute atomic E-state index is 12.8. The third-order valence-corrected chi connectivity index (χ3v) is 7.62. The molecule has 6 nitrogen and oxygen atoms in total. The molecule has 0 aliphatic heterocycles. The number of allylic oxidation sites excluding steroid dienone is 1. The van der Waals surface area contributed by atoms with E-state index in [9.17, 15) is 13.5 Å². The molecule has 0 aliphatic rings. The van der Waals surface area contributed by atoms with Crippen LogP contribution in [0.5, 0.6) is 5.88 Å². The number of sulfonamides is 1. The molecule has 0 spiro atoms. The predicted molar refractivity (Wildman–Crippen MR) is 129 cm³/mol. The Hall–Kier alpha value is -2.75. The van der Waals surface area contributed by atoms with E-state index < -0.39 is 10.0 Å². The van der Waals surface area contributed by atoms with E-state index in [2.05, 4.69) is 11.0 Å². The third kappa shape index (κ3) is 4.79. The van der Waals surface area contributed by atoms with Crippen LogP contribution in [0.4, 0.5) is 5.69 Å². The Balaban J connectivity index is 2.14. The molecule has 3 aromatic rings. The van der Waals surface area contributed by atoms with Gasteiger partial charge in [0.1, 0.15) is 9.87 Å². The highest BCUT2D eigenvalue weighted by molar-refractivity contribution is 7.90. The predicted octanol–water partition coefficient (Wildman–Crippen LogP) is 4.24. The van der Waals surface area contributed by atoms with Gasteiger partial charge in [-0.05, 0) is 37.6 Å². The van der Waals surface area contributed by atoms with Crippen molar-refractivity contribution < 1.29 is 13.5 Å². The topological polar surface area (TPSA) is 74.9 Å². The summed E-state index contributed by atoms with van der Waals surface area (Å²) in [4.78, 5) is 2.88.